The Balaban J connectivity index is 1.52. The Labute approximate surface area is 266 Å². The number of likely N-dealkylation sites (N-methyl/N-ethyl adjacent to an activating group) is 2. The molecular formula is C37H46N4O4. The maximum atomic E-state index is 14.6. The van der Waals surface area contributed by atoms with Crippen LogP contribution in [0.5, 0.6) is 0 Å². The van der Waals surface area contributed by atoms with Gasteiger partial charge in [0.25, 0.3) is 5.91 Å². The molecule has 1 aliphatic heterocycles. The zero-order valence-electron chi connectivity index (χ0n) is 27.3. The third-order valence-electron chi connectivity index (χ3n) is 9.24. The molecule has 0 radical (unpaired) electrons. The summed E-state index contributed by atoms with van der Waals surface area (Å²) < 4.78 is 8.68. The fourth-order valence-corrected chi connectivity index (χ4v) is 6.47. The number of para-hydroxylation sites is 1. The monoisotopic (exact) mass is 610 g/mol. The van der Waals surface area contributed by atoms with Crippen molar-refractivity contribution in [2.75, 3.05) is 40.8 Å². The number of aliphatic hydroxyl groups excluding tert-OH is 1. The summed E-state index contributed by atoms with van der Waals surface area (Å²) in [6.07, 6.45) is 0.249. The van der Waals surface area contributed by atoms with Crippen LogP contribution in [0.15, 0.2) is 78.9 Å². The van der Waals surface area contributed by atoms with E-state index in [4.69, 9.17) is 4.74 Å². The number of fused-ring (bicyclic) bond motifs is 5. The van der Waals surface area contributed by atoms with Crippen molar-refractivity contribution in [2.24, 2.45) is 13.0 Å². The van der Waals surface area contributed by atoms with Gasteiger partial charge in [0.15, 0.2) is 0 Å². The number of carbonyl (C=O) groups excluding carboxylic acids is 2. The van der Waals surface area contributed by atoms with Crippen LogP contribution in [-0.4, -0.2) is 95.2 Å². The normalized spacial score (nSPS) is 18.7. The molecule has 2 heterocycles. The largest absolute Gasteiger partial charge is 0.394 e. The molecule has 0 bridgehead atoms. The molecule has 4 aromatic rings. The minimum Gasteiger partial charge on any atom is -0.394 e. The van der Waals surface area contributed by atoms with E-state index >= 15 is 0 Å². The second kappa shape index (κ2) is 14.0. The maximum Gasteiger partial charge on any atom is 0.271 e. The molecule has 0 saturated heterocycles. The molecule has 0 fully saturated rings. The molecule has 0 spiro atoms. The fraction of sp³-hybridized carbons (Fsp3) is 0.405. The average Bonchev–Trinajstić information content (AvgIpc) is 3.34. The van der Waals surface area contributed by atoms with Crippen LogP contribution in [0.4, 0.5) is 0 Å². The first-order chi connectivity index (χ1) is 21.6. The Kier molecular flexibility index (Phi) is 10.1. The van der Waals surface area contributed by atoms with Crippen LogP contribution >= 0.6 is 0 Å². The first-order valence-electron chi connectivity index (χ1n) is 15.8. The molecule has 3 aromatic carbocycles. The molecule has 1 aromatic heterocycles. The molecule has 1 aliphatic rings. The number of amides is 2. The molecule has 0 unspecified atom stereocenters. The van der Waals surface area contributed by atoms with Gasteiger partial charge in [-0.25, -0.2) is 0 Å². The van der Waals surface area contributed by atoms with Gasteiger partial charge in [-0.15, -0.1) is 0 Å². The topological polar surface area (TPSA) is 78.2 Å². The van der Waals surface area contributed by atoms with Crippen LogP contribution in [0.3, 0.4) is 0 Å². The van der Waals surface area contributed by atoms with Crippen molar-refractivity contribution in [1.82, 2.24) is 19.3 Å². The molecule has 5 rings (SSSR count). The number of aliphatic hydroxyl groups is 1. The van der Waals surface area contributed by atoms with Crippen LogP contribution in [0.25, 0.3) is 22.0 Å². The molecule has 0 saturated carbocycles. The number of aryl methyl sites for hydroxylation is 1. The number of benzene rings is 3. The van der Waals surface area contributed by atoms with Gasteiger partial charge < -0.3 is 24.2 Å². The van der Waals surface area contributed by atoms with Crippen LogP contribution < -0.4 is 0 Å². The summed E-state index contributed by atoms with van der Waals surface area (Å²) in [5.74, 6) is -0.244. The lowest BCUT2D eigenvalue weighted by atomic mass is 9.96. The summed E-state index contributed by atoms with van der Waals surface area (Å²) in [5.41, 5.74) is 5.47. The number of aromatic nitrogens is 1. The Morgan fingerprint density at radius 2 is 1.67 bits per heavy atom. The van der Waals surface area contributed by atoms with Crippen LogP contribution in [0, 0.1) is 5.92 Å². The quantitative estimate of drug-likeness (QED) is 0.309. The van der Waals surface area contributed by atoms with E-state index in [0.29, 0.717) is 31.8 Å². The van der Waals surface area contributed by atoms with Gasteiger partial charge in [0, 0.05) is 49.6 Å². The van der Waals surface area contributed by atoms with E-state index in [-0.39, 0.29) is 36.5 Å². The van der Waals surface area contributed by atoms with Gasteiger partial charge in [0.05, 0.1) is 31.4 Å². The van der Waals surface area contributed by atoms with Crippen molar-refractivity contribution in [1.29, 1.82) is 0 Å². The van der Waals surface area contributed by atoms with E-state index < -0.39 is 6.04 Å². The van der Waals surface area contributed by atoms with Crippen LogP contribution in [0.2, 0.25) is 0 Å². The summed E-state index contributed by atoms with van der Waals surface area (Å²) in [4.78, 5) is 34.0. The van der Waals surface area contributed by atoms with Crippen LogP contribution in [-0.2, 0) is 29.6 Å². The van der Waals surface area contributed by atoms with E-state index in [2.05, 4.69) is 19.1 Å². The summed E-state index contributed by atoms with van der Waals surface area (Å²) >= 11 is 0. The smallest absolute Gasteiger partial charge is 0.271 e. The number of hydrogen-bond donors (Lipinski definition) is 1. The second-order valence-corrected chi connectivity index (χ2v) is 12.7. The maximum absolute atomic E-state index is 14.6. The molecule has 1 N–H and O–H groups in total. The minimum atomic E-state index is -0.411. The number of nitrogens with zero attached hydrogens (tertiary/aromatic N) is 4. The Bertz CT molecular complexity index is 1630. The number of rotatable bonds is 8. The van der Waals surface area contributed by atoms with Gasteiger partial charge in [0.1, 0.15) is 5.69 Å². The lowest BCUT2D eigenvalue weighted by Crippen LogP contribution is -2.50. The molecule has 45 heavy (non-hydrogen) atoms. The SMILES string of the molecule is C[C@H](CO)N1C[C@H](C)[C@H](CN(C)C(=O)[C@H](Cc2ccccc2)N(C)C)OCc2ccccc2-c2c(n(C)c3ccccc23)C1=O. The highest BCUT2D eigenvalue weighted by Gasteiger charge is 2.34. The van der Waals surface area contributed by atoms with Gasteiger partial charge in [-0.3, -0.25) is 14.5 Å². The third-order valence-corrected chi connectivity index (χ3v) is 9.24. The predicted octanol–water partition coefficient (Wildman–Crippen LogP) is 4.83. The van der Waals surface area contributed by atoms with Gasteiger partial charge >= 0.3 is 0 Å². The molecule has 4 atom stereocenters. The highest BCUT2D eigenvalue weighted by atomic mass is 16.5. The molecule has 8 heteroatoms. The lowest BCUT2D eigenvalue weighted by Gasteiger charge is -2.36. The van der Waals surface area contributed by atoms with E-state index in [1.54, 1.807) is 9.80 Å². The van der Waals surface area contributed by atoms with Crippen molar-refractivity contribution in [3.05, 3.63) is 95.7 Å². The van der Waals surface area contributed by atoms with Crippen molar-refractivity contribution < 1.29 is 19.4 Å². The summed E-state index contributed by atoms with van der Waals surface area (Å²) in [5, 5.41) is 11.3. The molecular weight excluding hydrogens is 564 g/mol. The second-order valence-electron chi connectivity index (χ2n) is 12.7. The van der Waals surface area contributed by atoms with E-state index in [9.17, 15) is 14.7 Å². The highest BCUT2D eigenvalue weighted by molar-refractivity contribution is 6.10. The fourth-order valence-electron chi connectivity index (χ4n) is 6.47. The number of ether oxygens (including phenoxy) is 1. The molecule has 2 amide bonds. The van der Waals surface area contributed by atoms with Crippen LogP contribution in [0.1, 0.15) is 35.5 Å². The van der Waals surface area contributed by atoms with Crippen molar-refractivity contribution in [3.63, 3.8) is 0 Å². The van der Waals surface area contributed by atoms with E-state index in [1.807, 2.05) is 111 Å². The summed E-state index contributed by atoms with van der Waals surface area (Å²) in [7, 11) is 7.64. The van der Waals surface area contributed by atoms with Gasteiger partial charge in [-0.05, 0) is 50.2 Å². The van der Waals surface area contributed by atoms with E-state index in [1.165, 1.54) is 0 Å². The number of carbonyl (C=O) groups is 2. The Hall–Kier alpha value is -3.98. The first kappa shape index (κ1) is 32.4. The van der Waals surface area contributed by atoms with E-state index in [0.717, 1.165) is 33.2 Å². The highest BCUT2D eigenvalue weighted by Crippen LogP contribution is 2.38. The molecule has 0 aliphatic carbocycles. The summed E-state index contributed by atoms with van der Waals surface area (Å²) in [6.45, 7) is 4.84. The third kappa shape index (κ3) is 6.69. The first-order valence-corrected chi connectivity index (χ1v) is 15.8. The zero-order valence-corrected chi connectivity index (χ0v) is 27.3. The molecule has 238 valence electrons. The Morgan fingerprint density at radius 1 is 1.00 bits per heavy atom. The van der Waals surface area contributed by atoms with Gasteiger partial charge in [-0.2, -0.15) is 0 Å². The summed E-state index contributed by atoms with van der Waals surface area (Å²) in [6, 6.07) is 25.5. The van der Waals surface area contributed by atoms with Crippen molar-refractivity contribution >= 4 is 22.7 Å². The van der Waals surface area contributed by atoms with Crippen molar-refractivity contribution in [3.8, 4) is 11.1 Å². The van der Waals surface area contributed by atoms with Crippen molar-refractivity contribution in [2.45, 2.75) is 45.1 Å². The standard InChI is InChI=1S/C37H46N4O4/c1-25-21-41(26(2)23-42)37(44)35-34(30-18-12-13-19-31(30)40(35)6)29-17-11-10-16-28(29)24-45-33(25)22-39(5)36(43)32(38(3)4)20-27-14-8-7-9-15-27/h7-19,25-26,32-33,42H,20-24H2,1-6H3/t25-,26+,32-,33-/m0/s1. The predicted molar refractivity (Wildman–Crippen MR) is 179 cm³/mol. The minimum absolute atomic E-state index is 0.0184. The Morgan fingerprint density at radius 3 is 2.38 bits per heavy atom. The van der Waals surface area contributed by atoms with Gasteiger partial charge in [-0.1, -0.05) is 79.7 Å². The number of hydrogen-bond acceptors (Lipinski definition) is 5. The zero-order chi connectivity index (χ0) is 32.2. The molecule has 8 nitrogen and oxygen atoms in total. The average molecular weight is 611 g/mol. The van der Waals surface area contributed by atoms with Gasteiger partial charge in [0.2, 0.25) is 5.91 Å². The lowest BCUT2D eigenvalue weighted by molar-refractivity contribution is -0.137.